The largest absolute Gasteiger partial charge is 0.444 e. The molecule has 2 aromatic rings. The Balaban J connectivity index is 2.04. The first-order chi connectivity index (χ1) is 13.6. The summed E-state index contributed by atoms with van der Waals surface area (Å²) < 4.78 is 30.3. The van der Waals surface area contributed by atoms with Crippen molar-refractivity contribution in [2.75, 3.05) is 37.8 Å². The van der Waals surface area contributed by atoms with Gasteiger partial charge < -0.3 is 14.6 Å². The number of hydrogen-bond acceptors (Lipinski definition) is 5. The number of para-hydroxylation sites is 1. The van der Waals surface area contributed by atoms with E-state index in [1.54, 1.807) is 50.4 Å². The molecule has 8 nitrogen and oxygen atoms in total. The number of carbonyl (C=O) groups excluding carboxylic acids is 2. The molecule has 29 heavy (non-hydrogen) atoms. The second-order valence-corrected chi connectivity index (χ2v) is 9.11. The lowest BCUT2D eigenvalue weighted by atomic mass is 10.1. The van der Waals surface area contributed by atoms with Crippen LogP contribution < -0.4 is 10.2 Å². The van der Waals surface area contributed by atoms with Crippen LogP contribution in [-0.2, 0) is 10.0 Å². The van der Waals surface area contributed by atoms with E-state index in [9.17, 15) is 18.0 Å². The summed E-state index contributed by atoms with van der Waals surface area (Å²) in [5.74, 6) is -0.582. The van der Waals surface area contributed by atoms with Gasteiger partial charge >= 0.3 is 0 Å². The van der Waals surface area contributed by atoms with Crippen molar-refractivity contribution in [1.29, 1.82) is 0 Å². The number of sulfonamides is 1. The second-order valence-electron chi connectivity index (χ2n) is 6.35. The number of halogens is 1. The fourth-order valence-electron chi connectivity index (χ4n) is 2.77. The molecule has 2 rings (SSSR count). The third-order valence-electron chi connectivity index (χ3n) is 4.29. The summed E-state index contributed by atoms with van der Waals surface area (Å²) in [4.78, 5) is 26.6. The zero-order valence-corrected chi connectivity index (χ0v) is 18.9. The van der Waals surface area contributed by atoms with Crippen molar-refractivity contribution in [2.24, 2.45) is 0 Å². The maximum Gasteiger partial charge on any atom is 0.293 e. The Kier molecular flexibility index (Phi) is 8.00. The van der Waals surface area contributed by atoms with Crippen LogP contribution >= 0.6 is 15.9 Å². The highest BCUT2D eigenvalue weighted by Gasteiger charge is 2.22. The zero-order chi connectivity index (χ0) is 21.6. The highest BCUT2D eigenvalue weighted by Crippen LogP contribution is 2.23. The van der Waals surface area contributed by atoms with Gasteiger partial charge in [-0.2, -0.15) is 0 Å². The molecule has 1 aromatic heterocycles. The van der Waals surface area contributed by atoms with Gasteiger partial charge in [-0.1, -0.05) is 19.1 Å². The summed E-state index contributed by atoms with van der Waals surface area (Å²) in [5, 5.41) is 2.78. The van der Waals surface area contributed by atoms with E-state index in [0.717, 1.165) is 6.26 Å². The van der Waals surface area contributed by atoms with Crippen molar-refractivity contribution in [1.82, 2.24) is 9.62 Å². The predicted molar refractivity (Wildman–Crippen MR) is 115 cm³/mol. The number of carbonyl (C=O) groups is 2. The number of rotatable bonds is 9. The third kappa shape index (κ3) is 6.15. The van der Waals surface area contributed by atoms with E-state index in [1.807, 2.05) is 0 Å². The average molecular weight is 486 g/mol. The van der Waals surface area contributed by atoms with E-state index in [-0.39, 0.29) is 17.6 Å². The van der Waals surface area contributed by atoms with Crippen molar-refractivity contribution in [3.63, 3.8) is 0 Å². The number of benzene rings is 1. The van der Waals surface area contributed by atoms with Crippen LogP contribution in [0.25, 0.3) is 0 Å². The van der Waals surface area contributed by atoms with Gasteiger partial charge in [-0.3, -0.25) is 9.59 Å². The van der Waals surface area contributed by atoms with Gasteiger partial charge in [0.05, 0.1) is 17.5 Å². The molecule has 0 radical (unpaired) electrons. The average Bonchev–Trinajstić information content (AvgIpc) is 3.12. The lowest BCUT2D eigenvalue weighted by Gasteiger charge is -2.20. The minimum absolute atomic E-state index is 0.148. The van der Waals surface area contributed by atoms with Gasteiger partial charge in [0, 0.05) is 26.7 Å². The van der Waals surface area contributed by atoms with Crippen molar-refractivity contribution < 1.29 is 22.4 Å². The van der Waals surface area contributed by atoms with Crippen LogP contribution in [0.4, 0.5) is 5.69 Å². The van der Waals surface area contributed by atoms with Gasteiger partial charge in [0.25, 0.3) is 11.8 Å². The van der Waals surface area contributed by atoms with Gasteiger partial charge in [-0.05, 0) is 46.6 Å². The Morgan fingerprint density at radius 1 is 1.17 bits per heavy atom. The smallest absolute Gasteiger partial charge is 0.293 e. The van der Waals surface area contributed by atoms with Crippen LogP contribution in [0.2, 0.25) is 0 Å². The summed E-state index contributed by atoms with van der Waals surface area (Å²) in [5.41, 5.74) is 0.776. The van der Waals surface area contributed by atoms with Crippen LogP contribution in [0.15, 0.2) is 45.5 Å². The van der Waals surface area contributed by atoms with Crippen molar-refractivity contribution in [2.45, 2.75) is 13.3 Å². The Bertz CT molecular complexity index is 974. The number of amides is 2. The van der Waals surface area contributed by atoms with Gasteiger partial charge in [0.1, 0.15) is 0 Å². The highest BCUT2D eigenvalue weighted by molar-refractivity contribution is 9.10. The van der Waals surface area contributed by atoms with Crippen LogP contribution in [0.5, 0.6) is 0 Å². The van der Waals surface area contributed by atoms with Crippen LogP contribution in [0.1, 0.15) is 34.3 Å². The minimum Gasteiger partial charge on any atom is -0.444 e. The topological polar surface area (TPSA) is 99.9 Å². The maximum absolute atomic E-state index is 12.6. The Hall–Kier alpha value is -2.17. The Morgan fingerprint density at radius 3 is 2.45 bits per heavy atom. The van der Waals surface area contributed by atoms with E-state index in [0.29, 0.717) is 42.0 Å². The third-order valence-corrected chi connectivity index (χ3v) is 6.10. The number of nitrogens with zero attached hydrogens (tertiary/aromatic N) is 2. The molecule has 158 valence electrons. The molecule has 0 unspecified atom stereocenters. The van der Waals surface area contributed by atoms with E-state index in [2.05, 4.69) is 21.2 Å². The van der Waals surface area contributed by atoms with Gasteiger partial charge in [-0.25, -0.2) is 12.7 Å². The molecule has 0 aliphatic carbocycles. The number of hydrogen-bond donors (Lipinski definition) is 1. The Labute approximate surface area is 179 Å². The van der Waals surface area contributed by atoms with Crippen molar-refractivity contribution >= 4 is 43.5 Å². The zero-order valence-electron chi connectivity index (χ0n) is 16.5. The standard InChI is InChI=1S/C19H24BrN3O5S/c1-4-23(29(3,26)27)13-7-12-21-18(24)14-8-5-6-9-15(14)22(2)19(25)16-10-11-17(20)28-16/h5-6,8-11H,4,7,12-13H2,1-3H3,(H,21,24). The van der Waals surface area contributed by atoms with E-state index < -0.39 is 10.0 Å². The molecule has 0 bridgehead atoms. The van der Waals surface area contributed by atoms with Crippen LogP contribution in [0.3, 0.4) is 0 Å². The minimum atomic E-state index is -3.26. The molecule has 0 aliphatic heterocycles. The summed E-state index contributed by atoms with van der Waals surface area (Å²) >= 11 is 3.16. The predicted octanol–water partition coefficient (Wildman–Crippen LogP) is 2.72. The van der Waals surface area contributed by atoms with Gasteiger partial charge in [0.15, 0.2) is 10.4 Å². The number of furan rings is 1. The lowest BCUT2D eigenvalue weighted by molar-refractivity contribution is 0.0952. The van der Waals surface area contributed by atoms with Crippen LogP contribution in [0, 0.1) is 0 Å². The molecule has 2 amide bonds. The highest BCUT2D eigenvalue weighted by atomic mass is 79.9. The molecule has 0 spiro atoms. The molecule has 10 heteroatoms. The molecule has 0 aliphatic rings. The molecular formula is C19H24BrN3O5S. The van der Waals surface area contributed by atoms with Gasteiger partial charge in [-0.15, -0.1) is 0 Å². The summed E-state index contributed by atoms with van der Waals surface area (Å²) in [6, 6.07) is 9.92. The fourth-order valence-corrected chi connectivity index (χ4v) is 4.01. The van der Waals surface area contributed by atoms with Crippen molar-refractivity contribution in [3.8, 4) is 0 Å². The molecule has 0 atom stereocenters. The lowest BCUT2D eigenvalue weighted by Crippen LogP contribution is -2.34. The molecular weight excluding hydrogens is 462 g/mol. The van der Waals surface area contributed by atoms with Gasteiger partial charge in [0.2, 0.25) is 10.0 Å². The SMILES string of the molecule is CCN(CCCNC(=O)c1ccccc1N(C)C(=O)c1ccc(Br)o1)S(C)(=O)=O. The number of nitrogens with one attached hydrogen (secondary N) is 1. The molecule has 1 N–H and O–H groups in total. The van der Waals surface area contributed by atoms with E-state index in [1.165, 1.54) is 9.21 Å². The van der Waals surface area contributed by atoms with E-state index >= 15 is 0 Å². The Morgan fingerprint density at radius 2 is 1.86 bits per heavy atom. The molecule has 1 aromatic carbocycles. The first kappa shape index (κ1) is 23.1. The molecule has 1 heterocycles. The summed E-state index contributed by atoms with van der Waals surface area (Å²) in [6.45, 7) is 2.77. The molecule has 0 saturated heterocycles. The van der Waals surface area contributed by atoms with E-state index in [4.69, 9.17) is 4.42 Å². The summed E-state index contributed by atoms with van der Waals surface area (Å²) in [7, 11) is -1.69. The normalized spacial score (nSPS) is 11.5. The first-order valence-corrected chi connectivity index (χ1v) is 11.6. The second kappa shape index (κ2) is 10.0. The summed E-state index contributed by atoms with van der Waals surface area (Å²) in [6.07, 6.45) is 1.64. The fraction of sp³-hybridized carbons (Fsp3) is 0.368. The molecule has 0 fully saturated rings. The number of anilines is 1. The quantitative estimate of drug-likeness (QED) is 0.550. The van der Waals surface area contributed by atoms with Crippen molar-refractivity contribution in [3.05, 3.63) is 52.4 Å². The first-order valence-electron chi connectivity index (χ1n) is 9.01. The van der Waals surface area contributed by atoms with Crippen LogP contribution in [-0.4, -0.2) is 57.5 Å². The molecule has 0 saturated carbocycles. The maximum atomic E-state index is 12.6. The monoisotopic (exact) mass is 485 g/mol.